The van der Waals surface area contributed by atoms with Crippen LogP contribution in [-0.4, -0.2) is 47.6 Å². The van der Waals surface area contributed by atoms with Crippen molar-refractivity contribution in [2.24, 2.45) is 0 Å². The average Bonchev–Trinajstić information content (AvgIpc) is 2.48. The summed E-state index contributed by atoms with van der Waals surface area (Å²) in [6.07, 6.45) is -0.390. The van der Waals surface area contributed by atoms with Gasteiger partial charge in [0.05, 0.1) is 7.11 Å². The van der Waals surface area contributed by atoms with Crippen LogP contribution < -0.4 is 0 Å². The van der Waals surface area contributed by atoms with E-state index < -0.39 is 23.6 Å². The first-order chi connectivity index (χ1) is 6.61. The Morgan fingerprint density at radius 3 is 3.07 bits per heavy atom. The molecule has 2 unspecified atom stereocenters. The van der Waals surface area contributed by atoms with Crippen LogP contribution in [0.3, 0.4) is 0 Å². The molecule has 0 radical (unpaired) electrons. The van der Waals surface area contributed by atoms with Gasteiger partial charge in [0.15, 0.2) is 0 Å². The van der Waals surface area contributed by atoms with Crippen LogP contribution in [-0.2, 0) is 24.0 Å². The number of hydrogen-bond acceptors (Lipinski definition) is 6. The van der Waals surface area contributed by atoms with Crippen LogP contribution in [0.25, 0.3) is 0 Å². The lowest BCUT2D eigenvalue weighted by Gasteiger charge is -2.27. The van der Waals surface area contributed by atoms with E-state index in [1.54, 1.807) is 0 Å². The Morgan fingerprint density at radius 2 is 2.50 bits per heavy atom. The lowest BCUT2D eigenvalue weighted by atomic mass is 9.92. The number of cyclic esters (lactones) is 1. The molecular weight excluding hydrogens is 194 g/mol. The lowest BCUT2D eigenvalue weighted by Crippen LogP contribution is -2.57. The standard InChI is InChI=1S/C7H9NO6/c1-12-8-7(5(9)10)2-4(14-8)3-13-6(7)11/h4H,2-3H2,1H3,(H,9,10). The van der Waals surface area contributed by atoms with E-state index in [0.29, 0.717) is 5.23 Å². The van der Waals surface area contributed by atoms with Crippen molar-refractivity contribution in [3.63, 3.8) is 0 Å². The van der Waals surface area contributed by atoms with E-state index in [2.05, 4.69) is 4.84 Å². The van der Waals surface area contributed by atoms with Gasteiger partial charge in [-0.15, -0.1) is 0 Å². The smallest absolute Gasteiger partial charge is 0.343 e. The van der Waals surface area contributed by atoms with Gasteiger partial charge in [-0.1, -0.05) is 0 Å². The Kier molecular flexibility index (Phi) is 1.95. The Hall–Kier alpha value is -1.18. The number of nitrogens with zero attached hydrogens (tertiary/aromatic N) is 1. The summed E-state index contributed by atoms with van der Waals surface area (Å²) < 4.78 is 4.70. The molecule has 0 spiro atoms. The van der Waals surface area contributed by atoms with Crippen molar-refractivity contribution in [3.8, 4) is 0 Å². The second-order valence-corrected chi connectivity index (χ2v) is 3.14. The van der Waals surface area contributed by atoms with Gasteiger partial charge in [0.1, 0.15) is 12.7 Å². The third-order valence-corrected chi connectivity index (χ3v) is 2.34. The van der Waals surface area contributed by atoms with Crippen LogP contribution in [0, 0.1) is 0 Å². The second-order valence-electron chi connectivity index (χ2n) is 3.14. The van der Waals surface area contributed by atoms with Gasteiger partial charge in [-0.25, -0.2) is 9.59 Å². The lowest BCUT2D eigenvalue weighted by molar-refractivity contribution is -0.363. The van der Waals surface area contributed by atoms with Crippen molar-refractivity contribution in [1.82, 2.24) is 5.23 Å². The number of rotatable bonds is 2. The number of esters is 1. The van der Waals surface area contributed by atoms with E-state index in [4.69, 9.17) is 14.7 Å². The molecule has 7 nitrogen and oxygen atoms in total. The first kappa shape index (κ1) is 9.38. The van der Waals surface area contributed by atoms with Crippen molar-refractivity contribution in [1.29, 1.82) is 0 Å². The number of hydroxylamine groups is 2. The molecule has 2 saturated heterocycles. The van der Waals surface area contributed by atoms with Crippen molar-refractivity contribution >= 4 is 11.9 Å². The Labute approximate surface area is 79.0 Å². The zero-order valence-electron chi connectivity index (χ0n) is 7.43. The van der Waals surface area contributed by atoms with Gasteiger partial charge < -0.3 is 9.84 Å². The highest BCUT2D eigenvalue weighted by atomic mass is 17.0. The fraction of sp³-hybridized carbons (Fsp3) is 0.714. The van der Waals surface area contributed by atoms with Gasteiger partial charge in [-0.2, -0.15) is 0 Å². The van der Waals surface area contributed by atoms with Gasteiger partial charge in [-0.05, 0) is 5.23 Å². The van der Waals surface area contributed by atoms with Crippen molar-refractivity contribution in [3.05, 3.63) is 0 Å². The summed E-state index contributed by atoms with van der Waals surface area (Å²) in [6, 6.07) is 0. The maximum absolute atomic E-state index is 11.4. The normalized spacial score (nSPS) is 36.9. The third kappa shape index (κ3) is 0.969. The minimum atomic E-state index is -1.84. The topological polar surface area (TPSA) is 85.3 Å². The Morgan fingerprint density at radius 1 is 1.79 bits per heavy atom. The molecule has 2 fully saturated rings. The molecule has 2 rings (SSSR count). The number of aliphatic carboxylic acids is 1. The summed E-state index contributed by atoms with van der Waals surface area (Å²) in [6.45, 7) is 0.0632. The van der Waals surface area contributed by atoms with Crippen molar-refractivity contribution in [2.45, 2.75) is 18.1 Å². The predicted octanol–water partition coefficient (Wildman–Crippen LogP) is -1.07. The van der Waals surface area contributed by atoms with Gasteiger partial charge in [0.2, 0.25) is 0 Å². The van der Waals surface area contributed by atoms with Gasteiger partial charge >= 0.3 is 11.9 Å². The molecule has 14 heavy (non-hydrogen) atoms. The summed E-state index contributed by atoms with van der Waals surface area (Å²) in [5, 5.41) is 9.69. The SMILES string of the molecule is CON1OC2COC(=O)C1(C(=O)O)C2. The van der Waals surface area contributed by atoms with Gasteiger partial charge in [0, 0.05) is 6.42 Å². The van der Waals surface area contributed by atoms with Crippen LogP contribution in [0.2, 0.25) is 0 Å². The quantitative estimate of drug-likeness (QED) is 0.452. The fourth-order valence-corrected chi connectivity index (χ4v) is 1.65. The van der Waals surface area contributed by atoms with Crippen LogP contribution in [0.4, 0.5) is 0 Å². The van der Waals surface area contributed by atoms with Crippen LogP contribution >= 0.6 is 0 Å². The predicted molar refractivity (Wildman–Crippen MR) is 39.7 cm³/mol. The molecule has 7 heteroatoms. The minimum absolute atomic E-state index is 0.0506. The van der Waals surface area contributed by atoms with Gasteiger partial charge in [0.25, 0.3) is 5.54 Å². The Balaban J connectivity index is 2.39. The van der Waals surface area contributed by atoms with E-state index in [1.807, 2.05) is 0 Å². The summed E-state index contributed by atoms with van der Waals surface area (Å²) in [4.78, 5) is 32.1. The van der Waals surface area contributed by atoms with E-state index >= 15 is 0 Å². The minimum Gasteiger partial charge on any atom is -0.479 e. The van der Waals surface area contributed by atoms with Crippen molar-refractivity contribution in [2.75, 3.05) is 13.7 Å². The molecule has 0 saturated carbocycles. The number of carboxylic acid groups (broad SMARTS) is 1. The van der Waals surface area contributed by atoms with Crippen molar-refractivity contribution < 1.29 is 29.1 Å². The highest BCUT2D eigenvalue weighted by molar-refractivity contribution is 6.04. The maximum atomic E-state index is 11.4. The van der Waals surface area contributed by atoms with Crippen LogP contribution in [0.5, 0.6) is 0 Å². The highest BCUT2D eigenvalue weighted by Crippen LogP contribution is 2.37. The molecule has 0 aromatic heterocycles. The molecule has 1 N–H and O–H groups in total. The Bertz CT molecular complexity index is 292. The molecule has 78 valence electrons. The molecular formula is C7H9NO6. The molecule has 2 bridgehead atoms. The number of hydrogen-bond donors (Lipinski definition) is 1. The van der Waals surface area contributed by atoms with Crippen LogP contribution in [0.15, 0.2) is 0 Å². The monoisotopic (exact) mass is 203 g/mol. The first-order valence-corrected chi connectivity index (χ1v) is 4.03. The number of fused-ring (bicyclic) bond motifs is 2. The first-order valence-electron chi connectivity index (χ1n) is 4.03. The number of carbonyl (C=O) groups excluding carboxylic acids is 1. The number of carboxylic acids is 1. The van der Waals surface area contributed by atoms with Gasteiger partial charge in [-0.3, -0.25) is 9.68 Å². The molecule has 2 aliphatic heterocycles. The summed E-state index contributed by atoms with van der Waals surface area (Å²) in [5.41, 5.74) is -1.84. The second kappa shape index (κ2) is 2.91. The highest BCUT2D eigenvalue weighted by Gasteiger charge is 2.64. The third-order valence-electron chi connectivity index (χ3n) is 2.34. The molecule has 0 amide bonds. The molecule has 2 heterocycles. The number of ether oxygens (including phenoxy) is 1. The van der Waals surface area contributed by atoms with E-state index in [-0.39, 0.29) is 13.0 Å². The number of carbonyl (C=O) groups is 2. The maximum Gasteiger partial charge on any atom is 0.343 e. The zero-order valence-corrected chi connectivity index (χ0v) is 7.43. The summed E-state index contributed by atoms with van der Waals surface area (Å²) in [5.74, 6) is -2.17. The largest absolute Gasteiger partial charge is 0.479 e. The summed E-state index contributed by atoms with van der Waals surface area (Å²) in [7, 11) is 1.23. The van der Waals surface area contributed by atoms with E-state index in [0.717, 1.165) is 0 Å². The fourth-order valence-electron chi connectivity index (χ4n) is 1.65. The zero-order chi connectivity index (χ0) is 10.3. The van der Waals surface area contributed by atoms with Crippen LogP contribution in [0.1, 0.15) is 6.42 Å². The molecule has 0 aromatic rings. The molecule has 2 atom stereocenters. The van der Waals surface area contributed by atoms with E-state index in [1.165, 1.54) is 7.11 Å². The average molecular weight is 203 g/mol. The summed E-state index contributed by atoms with van der Waals surface area (Å²) >= 11 is 0. The molecule has 0 aromatic carbocycles. The van der Waals surface area contributed by atoms with E-state index in [9.17, 15) is 9.59 Å². The molecule has 0 aliphatic carbocycles. The molecule has 2 aliphatic rings.